The van der Waals surface area contributed by atoms with Crippen LogP contribution >= 0.6 is 11.3 Å². The predicted molar refractivity (Wildman–Crippen MR) is 111 cm³/mol. The van der Waals surface area contributed by atoms with Gasteiger partial charge in [-0.15, -0.1) is 11.3 Å². The number of ether oxygens (including phenoxy) is 1. The molecule has 1 heterocycles. The van der Waals surface area contributed by atoms with E-state index in [-0.39, 0.29) is 11.7 Å². The zero-order valence-corrected chi connectivity index (χ0v) is 16.5. The third kappa shape index (κ3) is 6.03. The number of hydrogen-bond acceptors (Lipinski definition) is 5. The maximum absolute atomic E-state index is 12.1. The van der Waals surface area contributed by atoms with Gasteiger partial charge in [-0.2, -0.15) is 0 Å². The van der Waals surface area contributed by atoms with Crippen LogP contribution in [0.2, 0.25) is 0 Å². The number of carbonyl (C=O) groups is 2. The van der Waals surface area contributed by atoms with E-state index in [1.807, 2.05) is 18.2 Å². The number of nitrogens with one attached hydrogen (secondary N) is 1. The molecule has 3 rings (SSSR count). The molecule has 3 aromatic rings. The van der Waals surface area contributed by atoms with Crippen LogP contribution in [-0.4, -0.2) is 23.3 Å². The van der Waals surface area contributed by atoms with Gasteiger partial charge in [0, 0.05) is 29.5 Å². The van der Waals surface area contributed by atoms with Crippen molar-refractivity contribution in [3.8, 4) is 5.75 Å². The Morgan fingerprint density at radius 1 is 1.07 bits per heavy atom. The maximum Gasteiger partial charge on any atom is 0.226 e. The molecule has 0 fully saturated rings. The number of carbonyl (C=O) groups excluding carboxylic acids is 2. The molecule has 0 saturated carbocycles. The fourth-order valence-corrected chi connectivity index (χ4v) is 3.50. The molecular formula is C22H22N2O3S. The summed E-state index contributed by atoms with van der Waals surface area (Å²) >= 11 is 1.49. The molecule has 6 heteroatoms. The Balaban J connectivity index is 1.38. The number of anilines is 1. The van der Waals surface area contributed by atoms with Gasteiger partial charge in [0.2, 0.25) is 5.91 Å². The molecule has 0 saturated heterocycles. The lowest BCUT2D eigenvalue weighted by Crippen LogP contribution is -2.12. The third-order valence-electron chi connectivity index (χ3n) is 4.10. The number of ketones is 1. The zero-order valence-electron chi connectivity index (χ0n) is 15.7. The van der Waals surface area contributed by atoms with E-state index in [4.69, 9.17) is 4.74 Å². The Kier molecular flexibility index (Phi) is 6.92. The summed E-state index contributed by atoms with van der Waals surface area (Å²) in [4.78, 5) is 28.7. The first kappa shape index (κ1) is 19.8. The molecule has 0 bridgehead atoms. The first-order valence-electron chi connectivity index (χ1n) is 9.12. The zero-order chi connectivity index (χ0) is 19.8. The molecule has 0 spiro atoms. The monoisotopic (exact) mass is 394 g/mol. The van der Waals surface area contributed by atoms with E-state index in [9.17, 15) is 9.59 Å². The SMILES string of the molecule is CC(=O)c1ccc(OCCCC(=O)Nc2ncc(Cc3ccccc3)s2)cc1. The van der Waals surface area contributed by atoms with Gasteiger partial charge in [-0.25, -0.2) is 4.98 Å². The maximum atomic E-state index is 12.1. The van der Waals surface area contributed by atoms with Gasteiger partial charge >= 0.3 is 0 Å². The standard InChI is InChI=1S/C22H22N2O3S/c1-16(25)18-9-11-19(12-10-18)27-13-5-8-21(26)24-22-23-15-20(28-22)14-17-6-3-2-4-7-17/h2-4,6-7,9-12,15H,5,8,13-14H2,1H3,(H,23,24,26). The van der Waals surface area contributed by atoms with Crippen molar-refractivity contribution in [1.29, 1.82) is 0 Å². The van der Waals surface area contributed by atoms with Gasteiger partial charge < -0.3 is 10.1 Å². The minimum absolute atomic E-state index is 0.0253. The Hall–Kier alpha value is -2.99. The van der Waals surface area contributed by atoms with Crippen molar-refractivity contribution < 1.29 is 14.3 Å². The predicted octanol–water partition coefficient (Wildman–Crippen LogP) is 4.73. The van der Waals surface area contributed by atoms with Gasteiger partial charge in [0.25, 0.3) is 0 Å². The topological polar surface area (TPSA) is 68.3 Å². The van der Waals surface area contributed by atoms with E-state index in [1.165, 1.54) is 23.8 Å². The van der Waals surface area contributed by atoms with Crippen molar-refractivity contribution in [1.82, 2.24) is 4.98 Å². The van der Waals surface area contributed by atoms with Crippen LogP contribution in [0.3, 0.4) is 0 Å². The minimum Gasteiger partial charge on any atom is -0.494 e. The molecule has 0 radical (unpaired) electrons. The molecule has 2 aromatic carbocycles. The first-order valence-corrected chi connectivity index (χ1v) is 9.94. The molecular weight excluding hydrogens is 372 g/mol. The Labute approximate surface area is 168 Å². The van der Waals surface area contributed by atoms with Crippen LogP contribution in [0.5, 0.6) is 5.75 Å². The highest BCUT2D eigenvalue weighted by Gasteiger charge is 2.08. The van der Waals surface area contributed by atoms with E-state index < -0.39 is 0 Å². The van der Waals surface area contributed by atoms with Gasteiger partial charge in [0.05, 0.1) is 6.61 Å². The summed E-state index contributed by atoms with van der Waals surface area (Å²) < 4.78 is 5.61. The molecule has 0 aliphatic carbocycles. The smallest absolute Gasteiger partial charge is 0.226 e. The number of rotatable bonds is 9. The van der Waals surface area contributed by atoms with E-state index in [1.54, 1.807) is 30.5 Å². The van der Waals surface area contributed by atoms with Crippen LogP contribution in [0.25, 0.3) is 0 Å². The van der Waals surface area contributed by atoms with Crippen LogP contribution in [0.1, 0.15) is 40.6 Å². The Morgan fingerprint density at radius 2 is 1.82 bits per heavy atom. The molecule has 0 atom stereocenters. The average molecular weight is 394 g/mol. The van der Waals surface area contributed by atoms with Gasteiger partial charge in [-0.05, 0) is 43.2 Å². The number of amides is 1. The lowest BCUT2D eigenvalue weighted by atomic mass is 10.1. The number of aromatic nitrogens is 1. The molecule has 0 unspecified atom stereocenters. The van der Waals surface area contributed by atoms with Crippen molar-refractivity contribution in [2.24, 2.45) is 0 Å². The van der Waals surface area contributed by atoms with Crippen molar-refractivity contribution in [3.63, 3.8) is 0 Å². The van der Waals surface area contributed by atoms with E-state index in [2.05, 4.69) is 22.4 Å². The van der Waals surface area contributed by atoms with Crippen LogP contribution in [0, 0.1) is 0 Å². The van der Waals surface area contributed by atoms with E-state index in [0.29, 0.717) is 35.9 Å². The third-order valence-corrected chi connectivity index (χ3v) is 5.01. The molecule has 1 aromatic heterocycles. The first-order chi connectivity index (χ1) is 13.6. The van der Waals surface area contributed by atoms with Gasteiger partial charge in [0.15, 0.2) is 10.9 Å². The summed E-state index contributed by atoms with van der Waals surface area (Å²) in [6.07, 6.45) is 3.58. The normalized spacial score (nSPS) is 10.5. The highest BCUT2D eigenvalue weighted by Crippen LogP contribution is 2.21. The second-order valence-electron chi connectivity index (χ2n) is 6.37. The molecule has 144 valence electrons. The lowest BCUT2D eigenvalue weighted by Gasteiger charge is -2.06. The largest absolute Gasteiger partial charge is 0.494 e. The lowest BCUT2D eigenvalue weighted by molar-refractivity contribution is -0.116. The second-order valence-corrected chi connectivity index (χ2v) is 7.49. The quantitative estimate of drug-likeness (QED) is 0.421. The van der Waals surface area contributed by atoms with E-state index >= 15 is 0 Å². The Bertz CT molecular complexity index is 920. The molecule has 5 nitrogen and oxygen atoms in total. The summed E-state index contributed by atoms with van der Waals surface area (Å²) in [6, 6.07) is 17.2. The number of Topliss-reactive ketones (excluding diaryl/α,β-unsaturated/α-hetero) is 1. The van der Waals surface area contributed by atoms with Crippen LogP contribution in [0.15, 0.2) is 60.8 Å². The van der Waals surface area contributed by atoms with Gasteiger partial charge in [-0.3, -0.25) is 9.59 Å². The van der Waals surface area contributed by atoms with Gasteiger partial charge in [-0.1, -0.05) is 30.3 Å². The highest BCUT2D eigenvalue weighted by molar-refractivity contribution is 7.15. The molecule has 1 N–H and O–H groups in total. The minimum atomic E-state index is -0.0730. The number of hydrogen-bond donors (Lipinski definition) is 1. The van der Waals surface area contributed by atoms with Gasteiger partial charge in [0.1, 0.15) is 5.75 Å². The summed E-state index contributed by atoms with van der Waals surface area (Å²) in [6.45, 7) is 1.96. The molecule has 1 amide bonds. The summed E-state index contributed by atoms with van der Waals surface area (Å²) in [7, 11) is 0. The van der Waals surface area contributed by atoms with Crippen molar-refractivity contribution in [2.75, 3.05) is 11.9 Å². The summed E-state index contributed by atoms with van der Waals surface area (Å²) in [5, 5.41) is 3.46. The second kappa shape index (κ2) is 9.80. The number of thiazole rings is 1. The highest BCUT2D eigenvalue weighted by atomic mass is 32.1. The van der Waals surface area contributed by atoms with Crippen LogP contribution in [-0.2, 0) is 11.2 Å². The fraction of sp³-hybridized carbons (Fsp3) is 0.227. The average Bonchev–Trinajstić information content (AvgIpc) is 3.13. The summed E-state index contributed by atoms with van der Waals surface area (Å²) in [5.41, 5.74) is 1.87. The number of benzene rings is 2. The molecule has 0 aliphatic heterocycles. The van der Waals surface area contributed by atoms with Crippen LogP contribution < -0.4 is 10.1 Å². The molecule has 28 heavy (non-hydrogen) atoms. The van der Waals surface area contributed by atoms with Crippen molar-refractivity contribution in [2.45, 2.75) is 26.2 Å². The van der Waals surface area contributed by atoms with Crippen molar-refractivity contribution >= 4 is 28.2 Å². The number of nitrogens with zero attached hydrogens (tertiary/aromatic N) is 1. The van der Waals surface area contributed by atoms with Crippen molar-refractivity contribution in [3.05, 3.63) is 76.8 Å². The van der Waals surface area contributed by atoms with E-state index in [0.717, 1.165) is 11.3 Å². The Morgan fingerprint density at radius 3 is 2.54 bits per heavy atom. The summed E-state index contributed by atoms with van der Waals surface area (Å²) in [5.74, 6) is 0.643. The fourth-order valence-electron chi connectivity index (χ4n) is 2.63. The molecule has 0 aliphatic rings. The van der Waals surface area contributed by atoms with Crippen LogP contribution in [0.4, 0.5) is 5.13 Å².